The Kier molecular flexibility index (Phi) is 17.8. The minimum atomic E-state index is -1.62. The van der Waals surface area contributed by atoms with Crippen molar-refractivity contribution >= 4 is 67.9 Å². The molecule has 0 atom stereocenters. The van der Waals surface area contributed by atoms with E-state index in [1.54, 1.807) is 0 Å². The van der Waals surface area contributed by atoms with Crippen LogP contribution in [0.4, 0.5) is 0 Å². The summed E-state index contributed by atoms with van der Waals surface area (Å²) in [6.07, 6.45) is 0. The van der Waals surface area contributed by atoms with E-state index in [9.17, 15) is 0 Å². The third-order valence-corrected chi connectivity index (χ3v) is 18.9. The Morgan fingerprint density at radius 1 is 0.269 bits per heavy atom. The van der Waals surface area contributed by atoms with Gasteiger partial charge in [-0.25, -0.2) is 0 Å². The van der Waals surface area contributed by atoms with Crippen LogP contribution in [0.2, 0.25) is 0 Å². The van der Waals surface area contributed by atoms with E-state index in [0.29, 0.717) is 0 Å². The molecule has 0 aliphatic rings. The van der Waals surface area contributed by atoms with Crippen LogP contribution in [-0.4, -0.2) is 0 Å². The van der Waals surface area contributed by atoms with Gasteiger partial charge in [-0.15, -0.1) is 0 Å². The van der Waals surface area contributed by atoms with Gasteiger partial charge in [0.25, 0.3) is 0 Å². The molecule has 0 saturated heterocycles. The molecule has 0 saturated carbocycles. The average Bonchev–Trinajstić information content (AvgIpc) is 3.16. The van der Waals surface area contributed by atoms with Crippen LogP contribution in [0, 0.1) is 0 Å². The fraction of sp³-hybridized carbons (Fsp3) is 0.516. The van der Waals surface area contributed by atoms with Crippen molar-refractivity contribution in [2.75, 3.05) is 0 Å². The van der Waals surface area contributed by atoms with E-state index in [1.807, 2.05) is 0 Å². The summed E-state index contributed by atoms with van der Waals surface area (Å²) in [5.74, 6) is 0. The fourth-order valence-electron chi connectivity index (χ4n) is 8.43. The van der Waals surface area contributed by atoms with Crippen LogP contribution in [0.15, 0.2) is 97.1 Å². The van der Waals surface area contributed by atoms with Gasteiger partial charge in [-0.2, -0.15) is 0 Å². The van der Waals surface area contributed by atoms with E-state index in [4.69, 9.17) is 20.2 Å². The zero-order chi connectivity index (χ0) is 51.3. The molecule has 67 heavy (non-hydrogen) atoms. The van der Waals surface area contributed by atoms with Crippen LogP contribution in [0.1, 0.15) is 211 Å². The van der Waals surface area contributed by atoms with Crippen LogP contribution in [0.3, 0.4) is 0 Å². The summed E-state index contributed by atoms with van der Waals surface area (Å²) in [7, 11) is 6.29. The molecule has 0 nitrogen and oxygen atoms in total. The molecule has 5 aromatic carbocycles. The molecule has 0 N–H and O–H groups in total. The maximum absolute atomic E-state index is 4.76. The van der Waals surface area contributed by atoms with E-state index in [0.717, 1.165) is 0 Å². The molecule has 0 aliphatic heterocycles. The summed E-state index contributed by atoms with van der Waals surface area (Å²) in [6, 6.07) is 40.7. The van der Waals surface area contributed by atoms with Gasteiger partial charge in [0, 0.05) is 0 Å². The molecule has 5 aromatic rings. The van der Waals surface area contributed by atoms with Gasteiger partial charge < -0.3 is 0 Å². The van der Waals surface area contributed by atoms with Crippen molar-refractivity contribution < 1.29 is 13.1 Å². The molecule has 0 bridgehead atoms. The van der Waals surface area contributed by atoms with Crippen molar-refractivity contribution in [2.45, 2.75) is 209 Å². The molecule has 0 aliphatic carbocycles. The van der Waals surface area contributed by atoms with Crippen LogP contribution >= 0.6 is 36.0 Å². The first-order valence-corrected chi connectivity index (χ1v) is 30.6. The topological polar surface area (TPSA) is 0 Å². The number of hydrogen-bond acceptors (Lipinski definition) is 0. The van der Waals surface area contributed by atoms with Crippen molar-refractivity contribution in [3.63, 3.8) is 0 Å². The predicted octanol–water partition coefficient (Wildman–Crippen LogP) is 16.4. The second-order valence-electron chi connectivity index (χ2n) is 27.5. The third kappa shape index (κ3) is 14.8. The molecule has 368 valence electrons. The van der Waals surface area contributed by atoms with Gasteiger partial charge in [0.1, 0.15) is 47.7 Å². The summed E-state index contributed by atoms with van der Waals surface area (Å²) in [5, 5.41) is 8.99. The first-order valence-electron chi connectivity index (χ1n) is 24.5. The van der Waals surface area contributed by atoms with E-state index >= 15 is 0 Å². The van der Waals surface area contributed by atoms with Crippen LogP contribution in [0.25, 0.3) is 0 Å². The molecule has 0 amide bonds. The molecule has 5 rings (SSSR count). The molecule has 0 fully saturated rings. The number of benzene rings is 5. The minimum absolute atomic E-state index is 0.00517. The summed E-state index contributed by atoms with van der Waals surface area (Å²) in [6.45, 7) is 57.4. The molecular formula is C62H90Cl2FeP2+2. The normalized spacial score (nSPS) is 13.6. The molecule has 0 unspecified atom stereocenters. The molecule has 0 heterocycles. The van der Waals surface area contributed by atoms with Crippen LogP contribution < -0.4 is 31.8 Å². The van der Waals surface area contributed by atoms with Gasteiger partial charge in [0.05, 0.1) is 0 Å². The second kappa shape index (κ2) is 20.7. The predicted molar refractivity (Wildman–Crippen MR) is 308 cm³/mol. The third-order valence-electron chi connectivity index (χ3n) is 13.3. The Morgan fingerprint density at radius 3 is 0.522 bits per heavy atom. The maximum atomic E-state index is 4.76. The second-order valence-corrected chi connectivity index (χ2v) is 34.3. The first kappa shape index (κ1) is 57.6. The number of hydrogen-bond donors (Lipinski definition) is 0. The zero-order valence-electron chi connectivity index (χ0n) is 46.3. The zero-order valence-corrected chi connectivity index (χ0v) is 51.0. The quantitative estimate of drug-likeness (QED) is 0.117. The fourth-order valence-corrected chi connectivity index (χ4v) is 14.7. The van der Waals surface area contributed by atoms with Crippen molar-refractivity contribution in [3.8, 4) is 0 Å². The Balaban J connectivity index is 0.00000318. The van der Waals surface area contributed by atoms with Crippen LogP contribution in [0.5, 0.6) is 0 Å². The molecular weight excluding hydrogens is 933 g/mol. The Morgan fingerprint density at radius 2 is 0.403 bits per heavy atom. The van der Waals surface area contributed by atoms with Crippen LogP contribution in [-0.2, 0) is 56.5 Å². The summed E-state index contributed by atoms with van der Waals surface area (Å²) in [5.41, 5.74) is 11.3. The summed E-state index contributed by atoms with van der Waals surface area (Å²) >= 11 is 0.194. The van der Waals surface area contributed by atoms with E-state index in [1.165, 1.54) is 76.3 Å². The van der Waals surface area contributed by atoms with E-state index in [-0.39, 0.29) is 56.5 Å². The molecule has 0 aromatic heterocycles. The molecule has 0 spiro atoms. The first-order chi connectivity index (χ1) is 30.2. The Hall–Kier alpha value is -1.94. The Labute approximate surface area is 429 Å². The Bertz CT molecular complexity index is 2040. The van der Waals surface area contributed by atoms with E-state index in [2.05, 4.69) is 263 Å². The van der Waals surface area contributed by atoms with Gasteiger partial charge in [0.2, 0.25) is 0 Å². The molecule has 0 radical (unpaired) electrons. The SMILES string of the molecule is CC(C)(C)c1cc([PH+](c2cc(C(C)(C)C)cc(C(C)(C)C)c2)c2ccccc2[PH+](c2cc(C(C)(C)C)cc(C(C)(C)C)c2)c2cc(C(C)(C)C)cc(C(C)(C)C)c2)cc(C(C)(C)C)c1.[Cl][Fe][Cl]. The van der Waals surface area contributed by atoms with Gasteiger partial charge in [0.15, 0.2) is 0 Å². The monoisotopic (exact) mass is 1020 g/mol. The number of rotatable bonds is 6. The van der Waals surface area contributed by atoms with E-state index < -0.39 is 15.8 Å². The summed E-state index contributed by atoms with van der Waals surface area (Å²) in [4.78, 5) is 0. The standard InChI is InChI=1S/C62H88P2.2ClH.Fe/c1-55(2,3)41-29-42(56(4,5)6)34-49(33-41)63(50-35-43(57(7,8)9)30-44(36-50)58(10,11)12)53-27-25-26-28-54(53)64(51-37-45(59(13,14)15)31-46(38-51)60(16,17)18)52-39-47(61(19,20)21)32-48(40-52)62(22,23)24;;;/h25-40H,1-24H3;2*1H;/q;;;+2. The van der Waals surface area contributed by atoms with Crippen molar-refractivity contribution in [1.82, 2.24) is 0 Å². The average molecular weight is 1020 g/mol. The van der Waals surface area contributed by atoms with Gasteiger partial charge in [-0.3, -0.25) is 0 Å². The number of halogens is 2. The van der Waals surface area contributed by atoms with Crippen molar-refractivity contribution in [3.05, 3.63) is 142 Å². The molecule has 5 heteroatoms. The van der Waals surface area contributed by atoms with Gasteiger partial charge in [-0.1, -0.05) is 203 Å². The summed E-state index contributed by atoms with van der Waals surface area (Å²) < 4.78 is 0. The van der Waals surface area contributed by atoms with Crippen molar-refractivity contribution in [2.24, 2.45) is 0 Å². The van der Waals surface area contributed by atoms with Gasteiger partial charge >= 0.3 is 33.3 Å². The van der Waals surface area contributed by atoms with Gasteiger partial charge in [-0.05, 0) is 148 Å². The van der Waals surface area contributed by atoms with Crippen molar-refractivity contribution in [1.29, 1.82) is 0 Å².